The van der Waals surface area contributed by atoms with Crippen molar-refractivity contribution in [2.45, 2.75) is 25.4 Å². The third-order valence-corrected chi connectivity index (χ3v) is 7.07. The summed E-state index contributed by atoms with van der Waals surface area (Å²) in [6.07, 6.45) is 1.94. The molecule has 0 spiro atoms. The van der Waals surface area contributed by atoms with Crippen LogP contribution in [0.5, 0.6) is 0 Å². The van der Waals surface area contributed by atoms with Crippen molar-refractivity contribution in [1.29, 1.82) is 0 Å². The van der Waals surface area contributed by atoms with Crippen LogP contribution >= 0.6 is 34.7 Å². The number of thioether (sulfide) groups is 1. The minimum absolute atomic E-state index is 0.0737. The SMILES string of the molecule is O=C(N/N=C1\CCSC1)C(c1ccc(Cl)cc1)N1CCc2sccc2C1. The summed E-state index contributed by atoms with van der Waals surface area (Å²) in [7, 11) is 0. The molecule has 1 saturated heterocycles. The van der Waals surface area contributed by atoms with Crippen molar-refractivity contribution in [2.75, 3.05) is 18.1 Å². The second kappa shape index (κ2) is 8.13. The fourth-order valence-electron chi connectivity index (χ4n) is 3.40. The molecule has 1 aromatic heterocycles. The van der Waals surface area contributed by atoms with Crippen LogP contribution in [0.1, 0.15) is 28.5 Å². The number of thiophene rings is 1. The quantitative estimate of drug-likeness (QED) is 0.778. The second-order valence-corrected chi connectivity index (χ2v) is 9.04. The summed E-state index contributed by atoms with van der Waals surface area (Å²) in [6, 6.07) is 9.37. The number of carbonyl (C=O) groups excluding carboxylic acids is 1. The van der Waals surface area contributed by atoms with E-state index in [1.54, 1.807) is 11.3 Å². The Bertz CT molecular complexity index is 810. The highest BCUT2D eigenvalue weighted by atomic mass is 35.5. The normalized spacial score (nSPS) is 20.1. The maximum absolute atomic E-state index is 13.0. The predicted molar refractivity (Wildman–Crippen MR) is 110 cm³/mol. The van der Waals surface area contributed by atoms with E-state index in [0.29, 0.717) is 5.02 Å². The van der Waals surface area contributed by atoms with Crippen molar-refractivity contribution in [3.63, 3.8) is 0 Å². The van der Waals surface area contributed by atoms with Gasteiger partial charge in [0.2, 0.25) is 0 Å². The van der Waals surface area contributed by atoms with Crippen LogP contribution in [0.2, 0.25) is 5.02 Å². The lowest BCUT2D eigenvalue weighted by Gasteiger charge is -2.33. The van der Waals surface area contributed by atoms with E-state index < -0.39 is 0 Å². The molecular weight excluding hydrogens is 386 g/mol. The van der Waals surface area contributed by atoms with Gasteiger partial charge in [0.25, 0.3) is 5.91 Å². The predicted octanol–water partition coefficient (Wildman–Crippen LogP) is 4.11. The molecule has 3 heterocycles. The van der Waals surface area contributed by atoms with Gasteiger partial charge in [0.1, 0.15) is 6.04 Å². The smallest absolute Gasteiger partial charge is 0.262 e. The first-order valence-corrected chi connectivity index (χ1v) is 11.1. The molecule has 4 nitrogen and oxygen atoms in total. The maximum atomic E-state index is 13.0. The molecular formula is C19H20ClN3OS2. The van der Waals surface area contributed by atoms with Crippen LogP contribution in [0.3, 0.4) is 0 Å². The summed E-state index contributed by atoms with van der Waals surface area (Å²) in [6.45, 7) is 1.65. The molecule has 2 aliphatic heterocycles. The zero-order chi connectivity index (χ0) is 17.9. The number of hydrazone groups is 1. The summed E-state index contributed by atoms with van der Waals surface area (Å²) < 4.78 is 0. The Morgan fingerprint density at radius 3 is 2.85 bits per heavy atom. The lowest BCUT2D eigenvalue weighted by Crippen LogP contribution is -2.41. The van der Waals surface area contributed by atoms with Crippen LogP contribution in [0.4, 0.5) is 0 Å². The van der Waals surface area contributed by atoms with E-state index in [2.05, 4.69) is 26.9 Å². The minimum Gasteiger partial charge on any atom is -0.284 e. The lowest BCUT2D eigenvalue weighted by molar-refractivity contribution is -0.127. The number of hydrogen-bond donors (Lipinski definition) is 1. The van der Waals surface area contributed by atoms with E-state index in [0.717, 1.165) is 48.7 Å². The van der Waals surface area contributed by atoms with Crippen LogP contribution < -0.4 is 5.43 Å². The van der Waals surface area contributed by atoms with Crippen LogP contribution in [-0.2, 0) is 17.8 Å². The van der Waals surface area contributed by atoms with Crippen molar-refractivity contribution >= 4 is 46.3 Å². The number of hydrogen-bond acceptors (Lipinski definition) is 5. The molecule has 2 aromatic rings. The van der Waals surface area contributed by atoms with Crippen LogP contribution in [-0.4, -0.2) is 34.6 Å². The standard InChI is InChI=1S/C19H20ClN3OS2/c20-15-3-1-13(2-4-15)18(19(24)22-21-16-7-9-25-12-16)23-8-5-17-14(11-23)6-10-26-17/h1-4,6,10,18H,5,7-9,11-12H2,(H,22,24)/b21-16+. The Morgan fingerprint density at radius 1 is 1.23 bits per heavy atom. The van der Waals surface area contributed by atoms with Crippen molar-refractivity contribution in [3.8, 4) is 0 Å². The largest absolute Gasteiger partial charge is 0.284 e. The molecule has 0 aliphatic carbocycles. The Hall–Kier alpha value is -1.34. The summed E-state index contributed by atoms with van der Waals surface area (Å²) in [5, 5.41) is 7.17. The first-order valence-electron chi connectivity index (χ1n) is 8.68. The molecule has 1 atom stereocenters. The Balaban J connectivity index is 1.58. The molecule has 0 radical (unpaired) electrons. The van der Waals surface area contributed by atoms with Crippen molar-refractivity contribution in [2.24, 2.45) is 5.10 Å². The summed E-state index contributed by atoms with van der Waals surface area (Å²) in [4.78, 5) is 16.7. The van der Waals surface area contributed by atoms with Gasteiger partial charge in [-0.1, -0.05) is 23.7 Å². The number of halogens is 1. The maximum Gasteiger partial charge on any atom is 0.262 e. The Kier molecular flexibility index (Phi) is 5.64. The first-order chi connectivity index (χ1) is 12.7. The summed E-state index contributed by atoms with van der Waals surface area (Å²) >= 11 is 9.70. The van der Waals surface area contributed by atoms with Gasteiger partial charge in [-0.3, -0.25) is 9.69 Å². The third kappa shape index (κ3) is 3.98. The summed E-state index contributed by atoms with van der Waals surface area (Å²) in [5.74, 6) is 1.92. The molecule has 2 aliphatic rings. The number of rotatable bonds is 4. The molecule has 0 bridgehead atoms. The fraction of sp³-hybridized carbons (Fsp3) is 0.368. The highest BCUT2D eigenvalue weighted by Gasteiger charge is 2.31. The third-order valence-electron chi connectivity index (χ3n) is 4.76. The molecule has 1 fully saturated rings. The molecule has 26 heavy (non-hydrogen) atoms. The molecule has 0 saturated carbocycles. The van der Waals surface area contributed by atoms with E-state index in [-0.39, 0.29) is 11.9 Å². The topological polar surface area (TPSA) is 44.7 Å². The average molecular weight is 406 g/mol. The van der Waals surface area contributed by atoms with Crippen molar-refractivity contribution in [1.82, 2.24) is 10.3 Å². The first kappa shape index (κ1) is 18.0. The van der Waals surface area contributed by atoms with Crippen LogP contribution in [0, 0.1) is 0 Å². The lowest BCUT2D eigenvalue weighted by atomic mass is 10.0. The van der Waals surface area contributed by atoms with Gasteiger partial charge in [0.05, 0.1) is 0 Å². The highest BCUT2D eigenvalue weighted by molar-refractivity contribution is 8.00. The number of carbonyl (C=O) groups is 1. The Morgan fingerprint density at radius 2 is 2.08 bits per heavy atom. The van der Waals surface area contributed by atoms with Gasteiger partial charge in [-0.05, 0) is 53.3 Å². The van der Waals surface area contributed by atoms with Gasteiger partial charge in [0, 0.05) is 34.5 Å². The van der Waals surface area contributed by atoms with E-state index in [9.17, 15) is 4.79 Å². The van der Waals surface area contributed by atoms with Crippen LogP contribution in [0.25, 0.3) is 0 Å². The number of amides is 1. The van der Waals surface area contributed by atoms with E-state index >= 15 is 0 Å². The average Bonchev–Trinajstić information content (AvgIpc) is 3.33. The fourth-order valence-corrected chi connectivity index (χ4v) is 5.38. The zero-order valence-electron chi connectivity index (χ0n) is 14.3. The molecule has 136 valence electrons. The molecule has 1 unspecified atom stereocenters. The van der Waals surface area contributed by atoms with Crippen molar-refractivity contribution in [3.05, 3.63) is 56.7 Å². The zero-order valence-corrected chi connectivity index (χ0v) is 16.7. The number of fused-ring (bicyclic) bond motifs is 1. The molecule has 1 N–H and O–H groups in total. The molecule has 7 heteroatoms. The van der Waals surface area contributed by atoms with E-state index in [1.807, 2.05) is 36.0 Å². The molecule has 1 amide bonds. The van der Waals surface area contributed by atoms with E-state index in [4.69, 9.17) is 11.6 Å². The van der Waals surface area contributed by atoms with Gasteiger partial charge in [0.15, 0.2) is 0 Å². The second-order valence-electron chi connectivity index (χ2n) is 6.50. The molecule has 4 rings (SSSR count). The minimum atomic E-state index is -0.362. The van der Waals surface area contributed by atoms with Gasteiger partial charge >= 0.3 is 0 Å². The highest BCUT2D eigenvalue weighted by Crippen LogP contribution is 2.31. The number of nitrogens with zero attached hydrogens (tertiary/aromatic N) is 2. The van der Waals surface area contributed by atoms with Gasteiger partial charge in [-0.2, -0.15) is 16.9 Å². The van der Waals surface area contributed by atoms with Gasteiger partial charge in [-0.25, -0.2) is 5.43 Å². The van der Waals surface area contributed by atoms with Gasteiger partial charge < -0.3 is 0 Å². The number of nitrogens with one attached hydrogen (secondary N) is 1. The monoisotopic (exact) mass is 405 g/mol. The van der Waals surface area contributed by atoms with Gasteiger partial charge in [-0.15, -0.1) is 11.3 Å². The summed E-state index contributed by atoms with van der Waals surface area (Å²) in [5.41, 5.74) is 6.16. The van der Waals surface area contributed by atoms with E-state index in [1.165, 1.54) is 10.4 Å². The number of benzene rings is 1. The molecule has 1 aromatic carbocycles. The Labute approximate surface area is 166 Å². The van der Waals surface area contributed by atoms with Crippen molar-refractivity contribution < 1.29 is 4.79 Å². The van der Waals surface area contributed by atoms with Crippen LogP contribution in [0.15, 0.2) is 40.8 Å².